The van der Waals surface area contributed by atoms with Gasteiger partial charge in [-0.1, -0.05) is 194 Å². The molecule has 1 aliphatic carbocycles. The van der Waals surface area contributed by atoms with Crippen molar-refractivity contribution < 1.29 is 0 Å². The summed E-state index contributed by atoms with van der Waals surface area (Å²) >= 11 is 1.89. The molecule has 0 spiro atoms. The van der Waals surface area contributed by atoms with E-state index < -0.39 is 0 Å². The van der Waals surface area contributed by atoms with Crippen molar-refractivity contribution in [3.05, 3.63) is 157 Å². The van der Waals surface area contributed by atoms with Gasteiger partial charge in [0.25, 0.3) is 0 Å². The fraction of sp³-hybridized carbons (Fsp3) is 0.304. The Morgan fingerprint density at radius 1 is 0.492 bits per heavy atom. The standard InChI is InChI=1S/C56H58N2S/c1-3-5-7-9-11-19-35-56(36-20-12-10-8-6-4-2)49-27-16-15-26-47(49)48-32-30-42(39-50(48)56)43-31-33-52-54(40-43)59-53-29-18-17-28-51(53)58(52)45-24-21-23-44(38-45)55-46-25-14-13-22-41(46)34-37-57-55/h13-18,21-34,37-40H,3-12,19-20,35-36H2,1-2H3. The number of unbranched alkanes of at least 4 members (excludes halogenated alkanes) is 10. The average Bonchev–Trinajstić information content (AvgIpc) is 3.56. The number of anilines is 3. The Kier molecular flexibility index (Phi) is 12.0. The molecule has 2 aliphatic rings. The third-order valence-corrected chi connectivity index (χ3v) is 14.2. The summed E-state index contributed by atoms with van der Waals surface area (Å²) in [6, 6.07) is 52.4. The quantitative estimate of drug-likeness (QED) is 0.0855. The predicted molar refractivity (Wildman–Crippen MR) is 254 cm³/mol. The number of benzene rings is 6. The molecule has 6 aromatic carbocycles. The molecule has 2 nitrogen and oxygen atoms in total. The van der Waals surface area contributed by atoms with Crippen LogP contribution in [0, 0.1) is 0 Å². The first-order chi connectivity index (χ1) is 29.2. The maximum Gasteiger partial charge on any atom is 0.0781 e. The highest BCUT2D eigenvalue weighted by atomic mass is 32.2. The number of aromatic nitrogens is 1. The molecule has 3 heteroatoms. The highest BCUT2D eigenvalue weighted by Gasteiger charge is 2.42. The highest BCUT2D eigenvalue weighted by molar-refractivity contribution is 7.99. The van der Waals surface area contributed by atoms with Gasteiger partial charge in [-0.15, -0.1) is 0 Å². The maximum atomic E-state index is 4.89. The summed E-state index contributed by atoms with van der Waals surface area (Å²) in [4.78, 5) is 9.89. The number of hydrogen-bond acceptors (Lipinski definition) is 3. The summed E-state index contributed by atoms with van der Waals surface area (Å²) in [7, 11) is 0. The van der Waals surface area contributed by atoms with Gasteiger partial charge in [0, 0.05) is 38.0 Å². The minimum atomic E-state index is 0.0695. The highest BCUT2D eigenvalue weighted by Crippen LogP contribution is 2.56. The number of nitrogens with zero attached hydrogens (tertiary/aromatic N) is 2. The summed E-state index contributed by atoms with van der Waals surface area (Å²) in [6.45, 7) is 4.64. The van der Waals surface area contributed by atoms with Crippen LogP contribution in [-0.2, 0) is 5.41 Å². The summed E-state index contributed by atoms with van der Waals surface area (Å²) in [6.07, 6.45) is 20.4. The van der Waals surface area contributed by atoms with Gasteiger partial charge in [-0.2, -0.15) is 0 Å². The van der Waals surface area contributed by atoms with Gasteiger partial charge >= 0.3 is 0 Å². The molecule has 298 valence electrons. The normalized spacial score (nSPS) is 13.6. The van der Waals surface area contributed by atoms with Crippen molar-refractivity contribution in [3.63, 3.8) is 0 Å². The third kappa shape index (κ3) is 7.87. The van der Waals surface area contributed by atoms with E-state index in [4.69, 9.17) is 4.98 Å². The van der Waals surface area contributed by atoms with Gasteiger partial charge in [0.05, 0.1) is 17.1 Å². The first-order valence-electron chi connectivity index (χ1n) is 22.6. The molecule has 0 amide bonds. The lowest BCUT2D eigenvalue weighted by Gasteiger charge is -2.34. The molecule has 59 heavy (non-hydrogen) atoms. The molecule has 0 radical (unpaired) electrons. The molecule has 0 atom stereocenters. The van der Waals surface area contributed by atoms with Crippen LogP contribution in [-0.4, -0.2) is 4.98 Å². The van der Waals surface area contributed by atoms with E-state index in [1.807, 2.05) is 18.0 Å². The minimum absolute atomic E-state index is 0.0695. The monoisotopic (exact) mass is 790 g/mol. The van der Waals surface area contributed by atoms with E-state index >= 15 is 0 Å². The van der Waals surface area contributed by atoms with Crippen molar-refractivity contribution in [2.45, 2.75) is 119 Å². The van der Waals surface area contributed by atoms with Crippen molar-refractivity contribution in [3.8, 4) is 33.5 Å². The van der Waals surface area contributed by atoms with Gasteiger partial charge < -0.3 is 4.90 Å². The summed E-state index contributed by atoms with van der Waals surface area (Å²) in [5.74, 6) is 0. The zero-order chi connectivity index (χ0) is 40.0. The van der Waals surface area contributed by atoms with E-state index in [1.165, 1.54) is 144 Å². The van der Waals surface area contributed by atoms with Crippen molar-refractivity contribution in [1.82, 2.24) is 4.98 Å². The van der Waals surface area contributed by atoms with E-state index in [-0.39, 0.29) is 5.41 Å². The Balaban J connectivity index is 1.08. The molecule has 0 fully saturated rings. The van der Waals surface area contributed by atoms with Crippen molar-refractivity contribution in [2.75, 3.05) is 4.90 Å². The molecule has 9 rings (SSSR count). The Hall–Kier alpha value is -5.12. The van der Waals surface area contributed by atoms with Crippen LogP contribution in [0.25, 0.3) is 44.3 Å². The lowest BCUT2D eigenvalue weighted by molar-refractivity contribution is 0.398. The van der Waals surface area contributed by atoms with Crippen LogP contribution in [0.1, 0.15) is 115 Å². The van der Waals surface area contributed by atoms with Gasteiger partial charge in [-0.25, -0.2) is 0 Å². The predicted octanol–water partition coefficient (Wildman–Crippen LogP) is 17.3. The van der Waals surface area contributed by atoms with Gasteiger partial charge in [0.15, 0.2) is 0 Å². The smallest absolute Gasteiger partial charge is 0.0781 e. The van der Waals surface area contributed by atoms with Crippen LogP contribution in [0.5, 0.6) is 0 Å². The van der Waals surface area contributed by atoms with Crippen LogP contribution in [0.4, 0.5) is 17.1 Å². The molecule has 0 saturated carbocycles. The Morgan fingerprint density at radius 2 is 1.15 bits per heavy atom. The zero-order valence-electron chi connectivity index (χ0n) is 35.1. The molecule has 0 N–H and O–H groups in total. The lowest BCUT2D eigenvalue weighted by atomic mass is 9.70. The number of rotatable bonds is 17. The minimum Gasteiger partial charge on any atom is -0.308 e. The molecule has 0 bridgehead atoms. The Morgan fingerprint density at radius 3 is 1.98 bits per heavy atom. The Labute approximate surface area is 357 Å². The molecule has 2 heterocycles. The molecular formula is C56H58N2S. The van der Waals surface area contributed by atoms with Gasteiger partial charge in [-0.05, 0) is 100 Å². The second kappa shape index (κ2) is 18.0. The van der Waals surface area contributed by atoms with Gasteiger partial charge in [-0.3, -0.25) is 4.98 Å². The van der Waals surface area contributed by atoms with E-state index in [9.17, 15) is 0 Å². The van der Waals surface area contributed by atoms with E-state index in [1.54, 1.807) is 11.1 Å². The maximum absolute atomic E-state index is 4.89. The molecule has 0 unspecified atom stereocenters. The third-order valence-electron chi connectivity index (χ3n) is 13.1. The van der Waals surface area contributed by atoms with Crippen molar-refractivity contribution in [2.24, 2.45) is 0 Å². The van der Waals surface area contributed by atoms with Crippen molar-refractivity contribution in [1.29, 1.82) is 0 Å². The van der Waals surface area contributed by atoms with Gasteiger partial charge in [0.2, 0.25) is 0 Å². The largest absolute Gasteiger partial charge is 0.308 e. The first kappa shape index (κ1) is 39.3. The number of pyridine rings is 1. The molecular weight excluding hydrogens is 733 g/mol. The summed E-state index contributed by atoms with van der Waals surface area (Å²) in [5.41, 5.74) is 14.4. The van der Waals surface area contributed by atoms with Crippen molar-refractivity contribution >= 4 is 39.6 Å². The second-order valence-corrected chi connectivity index (χ2v) is 18.0. The van der Waals surface area contributed by atoms with Gasteiger partial charge in [0.1, 0.15) is 0 Å². The van der Waals surface area contributed by atoms with Crippen LogP contribution >= 0.6 is 11.8 Å². The van der Waals surface area contributed by atoms with E-state index in [2.05, 4.69) is 158 Å². The molecule has 1 aromatic heterocycles. The fourth-order valence-electron chi connectivity index (χ4n) is 10.1. The molecule has 0 saturated heterocycles. The van der Waals surface area contributed by atoms with Crippen LogP contribution in [0.2, 0.25) is 0 Å². The topological polar surface area (TPSA) is 16.1 Å². The number of fused-ring (bicyclic) bond motifs is 6. The summed E-state index contributed by atoms with van der Waals surface area (Å²) < 4.78 is 0. The average molecular weight is 791 g/mol. The van der Waals surface area contributed by atoms with Crippen LogP contribution in [0.15, 0.2) is 156 Å². The van der Waals surface area contributed by atoms with Crippen LogP contribution < -0.4 is 4.90 Å². The summed E-state index contributed by atoms with van der Waals surface area (Å²) in [5, 5.41) is 2.38. The number of para-hydroxylation sites is 1. The lowest BCUT2D eigenvalue weighted by Crippen LogP contribution is -2.25. The second-order valence-electron chi connectivity index (χ2n) is 16.9. The molecule has 1 aliphatic heterocycles. The number of hydrogen-bond donors (Lipinski definition) is 0. The van der Waals surface area contributed by atoms with E-state index in [0.29, 0.717) is 0 Å². The SMILES string of the molecule is CCCCCCCCC1(CCCCCCCC)c2ccccc2-c2ccc(-c3ccc4c(c3)Sc3ccccc3N4c3cccc(-c4nccc5ccccc45)c3)cc21. The fourth-order valence-corrected chi connectivity index (χ4v) is 11.2. The molecule has 7 aromatic rings. The Bertz CT molecular complexity index is 2530. The van der Waals surface area contributed by atoms with Crippen LogP contribution in [0.3, 0.4) is 0 Å². The zero-order valence-corrected chi connectivity index (χ0v) is 35.9. The van der Waals surface area contributed by atoms with E-state index in [0.717, 1.165) is 16.9 Å². The first-order valence-corrected chi connectivity index (χ1v) is 23.4.